The lowest BCUT2D eigenvalue weighted by Crippen LogP contribution is -2.09. The summed E-state index contributed by atoms with van der Waals surface area (Å²) >= 11 is 0. The van der Waals surface area contributed by atoms with Gasteiger partial charge in [-0.25, -0.2) is 4.79 Å². The van der Waals surface area contributed by atoms with E-state index in [-0.39, 0.29) is 17.0 Å². The fourth-order valence-corrected chi connectivity index (χ4v) is 1.48. The van der Waals surface area contributed by atoms with Crippen molar-refractivity contribution < 1.29 is 22.1 Å². The van der Waals surface area contributed by atoms with Crippen molar-refractivity contribution in [1.82, 2.24) is 0 Å². The molecule has 1 aromatic rings. The quantitative estimate of drug-likeness (QED) is 0.470. The van der Waals surface area contributed by atoms with E-state index >= 15 is 0 Å². The highest BCUT2D eigenvalue weighted by Crippen LogP contribution is 2.24. The monoisotopic (exact) mass is 245 g/mol. The van der Waals surface area contributed by atoms with Crippen molar-refractivity contribution in [3.63, 3.8) is 0 Å². The number of ether oxygens (including phenoxy) is 1. The lowest BCUT2D eigenvalue weighted by atomic mass is 10.2. The van der Waals surface area contributed by atoms with Crippen LogP contribution in [0.5, 0.6) is 5.75 Å². The second-order valence-corrected chi connectivity index (χ2v) is 4.61. The third-order valence-electron chi connectivity index (χ3n) is 1.68. The first-order valence-electron chi connectivity index (χ1n) is 4.21. The highest BCUT2D eigenvalue weighted by molar-refractivity contribution is 7.86. The molecule has 0 saturated heterocycles. The first-order chi connectivity index (χ1) is 7.33. The standard InChI is InChI=1S/C9H11NO5S/c1-14-9(11)6-3-4-7(10)8(5-6)15-16(2,12)13/h3-5H,10H2,1-2H3. The number of carbonyl (C=O) groups excluding carboxylic acids is 1. The van der Waals surface area contributed by atoms with Gasteiger partial charge in [0.2, 0.25) is 0 Å². The Balaban J connectivity index is 3.14. The summed E-state index contributed by atoms with van der Waals surface area (Å²) in [6, 6.07) is 3.99. The minimum Gasteiger partial charge on any atom is -0.465 e. The molecule has 16 heavy (non-hydrogen) atoms. The van der Waals surface area contributed by atoms with E-state index in [1.807, 2.05) is 0 Å². The van der Waals surface area contributed by atoms with Gasteiger partial charge in [-0.2, -0.15) is 8.42 Å². The van der Waals surface area contributed by atoms with Gasteiger partial charge in [0.15, 0.2) is 5.75 Å². The largest absolute Gasteiger partial charge is 0.465 e. The van der Waals surface area contributed by atoms with E-state index in [0.717, 1.165) is 6.26 Å². The van der Waals surface area contributed by atoms with E-state index in [2.05, 4.69) is 8.92 Å². The average molecular weight is 245 g/mol. The second-order valence-electron chi connectivity index (χ2n) is 3.03. The molecule has 0 aromatic heterocycles. The van der Waals surface area contributed by atoms with Gasteiger partial charge in [0.05, 0.1) is 24.6 Å². The highest BCUT2D eigenvalue weighted by atomic mass is 32.2. The van der Waals surface area contributed by atoms with E-state index in [4.69, 9.17) is 5.73 Å². The number of rotatable bonds is 3. The molecule has 0 fully saturated rings. The molecule has 0 atom stereocenters. The van der Waals surface area contributed by atoms with E-state index in [1.54, 1.807) is 0 Å². The number of nitrogen functional groups attached to an aromatic ring is 1. The second kappa shape index (κ2) is 4.40. The van der Waals surface area contributed by atoms with Crippen LogP contribution in [0.15, 0.2) is 18.2 Å². The van der Waals surface area contributed by atoms with E-state index in [1.165, 1.54) is 25.3 Å². The van der Waals surface area contributed by atoms with Crippen molar-refractivity contribution in [3.8, 4) is 5.75 Å². The average Bonchev–Trinajstić information content (AvgIpc) is 2.18. The zero-order valence-corrected chi connectivity index (χ0v) is 9.58. The minimum absolute atomic E-state index is 0.0922. The van der Waals surface area contributed by atoms with Crippen LogP contribution < -0.4 is 9.92 Å². The van der Waals surface area contributed by atoms with Crippen molar-refractivity contribution in [1.29, 1.82) is 0 Å². The molecule has 88 valence electrons. The maximum Gasteiger partial charge on any atom is 0.337 e. The van der Waals surface area contributed by atoms with Crippen molar-refractivity contribution in [2.24, 2.45) is 0 Å². The summed E-state index contributed by atoms with van der Waals surface area (Å²) in [6.45, 7) is 0. The Labute approximate surface area is 93.1 Å². The molecule has 0 radical (unpaired) electrons. The van der Waals surface area contributed by atoms with Gasteiger partial charge >= 0.3 is 16.1 Å². The third kappa shape index (κ3) is 3.13. The summed E-state index contributed by atoms with van der Waals surface area (Å²) < 4.78 is 30.9. The molecule has 1 aromatic carbocycles. The minimum atomic E-state index is -3.68. The predicted molar refractivity (Wildman–Crippen MR) is 57.7 cm³/mol. The van der Waals surface area contributed by atoms with Gasteiger partial charge in [-0.3, -0.25) is 0 Å². The molecule has 0 bridgehead atoms. The fraction of sp³-hybridized carbons (Fsp3) is 0.222. The number of hydrogen-bond acceptors (Lipinski definition) is 6. The molecule has 0 heterocycles. The van der Waals surface area contributed by atoms with Crippen LogP contribution in [-0.4, -0.2) is 27.8 Å². The number of anilines is 1. The molecule has 2 N–H and O–H groups in total. The van der Waals surface area contributed by atoms with Crippen molar-refractivity contribution >= 4 is 21.8 Å². The molecule has 0 unspecified atom stereocenters. The molecule has 1 rings (SSSR count). The lowest BCUT2D eigenvalue weighted by molar-refractivity contribution is 0.0600. The Kier molecular flexibility index (Phi) is 3.38. The normalized spacial score (nSPS) is 10.9. The summed E-state index contributed by atoms with van der Waals surface area (Å²) in [4.78, 5) is 11.2. The van der Waals surface area contributed by atoms with Crippen LogP contribution in [0.4, 0.5) is 5.69 Å². The zero-order chi connectivity index (χ0) is 12.3. The van der Waals surface area contributed by atoms with Gasteiger partial charge in [0, 0.05) is 0 Å². The SMILES string of the molecule is COC(=O)c1ccc(N)c(OS(C)(=O)=O)c1. The Morgan fingerprint density at radius 1 is 1.38 bits per heavy atom. The molecular formula is C9H11NO5S. The van der Waals surface area contributed by atoms with Gasteiger partial charge in [-0.1, -0.05) is 0 Å². The van der Waals surface area contributed by atoms with E-state index in [9.17, 15) is 13.2 Å². The van der Waals surface area contributed by atoms with E-state index < -0.39 is 16.1 Å². The van der Waals surface area contributed by atoms with E-state index in [0.29, 0.717) is 0 Å². The Morgan fingerprint density at radius 2 is 2.00 bits per heavy atom. The fourth-order valence-electron chi connectivity index (χ4n) is 1.01. The maximum atomic E-state index is 11.2. The Morgan fingerprint density at radius 3 is 2.50 bits per heavy atom. The van der Waals surface area contributed by atoms with Crippen LogP contribution in [0.1, 0.15) is 10.4 Å². The Hall–Kier alpha value is -1.76. The molecule has 0 aliphatic heterocycles. The summed E-state index contributed by atoms with van der Waals surface area (Å²) in [6.07, 6.45) is 0.886. The number of hydrogen-bond donors (Lipinski definition) is 1. The third-order valence-corrected chi connectivity index (χ3v) is 2.16. The van der Waals surface area contributed by atoms with Crippen LogP contribution >= 0.6 is 0 Å². The topological polar surface area (TPSA) is 95.7 Å². The summed E-state index contributed by atoms with van der Waals surface area (Å²) in [7, 11) is -2.46. The summed E-state index contributed by atoms with van der Waals surface area (Å²) in [5.74, 6) is -0.691. The molecule has 7 heteroatoms. The van der Waals surface area contributed by atoms with Gasteiger partial charge < -0.3 is 14.7 Å². The molecule has 0 amide bonds. The number of esters is 1. The van der Waals surface area contributed by atoms with Gasteiger partial charge in [-0.05, 0) is 18.2 Å². The van der Waals surface area contributed by atoms with Crippen LogP contribution in [0.2, 0.25) is 0 Å². The van der Waals surface area contributed by atoms with Gasteiger partial charge in [0.25, 0.3) is 0 Å². The zero-order valence-electron chi connectivity index (χ0n) is 8.76. The first kappa shape index (κ1) is 12.3. The molecule has 0 aliphatic carbocycles. The number of nitrogens with two attached hydrogens (primary N) is 1. The smallest absolute Gasteiger partial charge is 0.337 e. The van der Waals surface area contributed by atoms with Crippen molar-refractivity contribution in [3.05, 3.63) is 23.8 Å². The first-order valence-corrected chi connectivity index (χ1v) is 6.02. The number of benzene rings is 1. The summed E-state index contributed by atoms with van der Waals surface area (Å²) in [5.41, 5.74) is 5.78. The summed E-state index contributed by atoms with van der Waals surface area (Å²) in [5, 5.41) is 0. The molecule has 6 nitrogen and oxygen atoms in total. The van der Waals surface area contributed by atoms with Crippen LogP contribution in [0, 0.1) is 0 Å². The van der Waals surface area contributed by atoms with Gasteiger partial charge in [-0.15, -0.1) is 0 Å². The maximum absolute atomic E-state index is 11.2. The highest BCUT2D eigenvalue weighted by Gasteiger charge is 2.12. The van der Waals surface area contributed by atoms with Crippen molar-refractivity contribution in [2.45, 2.75) is 0 Å². The molecule has 0 aliphatic rings. The lowest BCUT2D eigenvalue weighted by Gasteiger charge is -2.07. The predicted octanol–water partition coefficient (Wildman–Crippen LogP) is 0.394. The molecular weight excluding hydrogens is 234 g/mol. The Bertz CT molecular complexity index is 509. The van der Waals surface area contributed by atoms with Crippen LogP contribution in [0.25, 0.3) is 0 Å². The molecule has 0 saturated carbocycles. The van der Waals surface area contributed by atoms with Crippen LogP contribution in [-0.2, 0) is 14.9 Å². The van der Waals surface area contributed by atoms with Gasteiger partial charge in [0.1, 0.15) is 0 Å². The number of methoxy groups -OCH3 is 1. The number of carbonyl (C=O) groups is 1. The van der Waals surface area contributed by atoms with Crippen LogP contribution in [0.3, 0.4) is 0 Å². The molecule has 0 spiro atoms. The van der Waals surface area contributed by atoms with Crippen molar-refractivity contribution in [2.75, 3.05) is 19.1 Å².